The van der Waals surface area contributed by atoms with Gasteiger partial charge in [0.15, 0.2) is 6.10 Å². The van der Waals surface area contributed by atoms with Crippen LogP contribution in [0.5, 0.6) is 5.75 Å². The quantitative estimate of drug-likeness (QED) is 0.228. The number of phenolic OH excluding ortho intramolecular Hbond substituents is 1. The Bertz CT molecular complexity index is 1020. The SMILES string of the molecule is O=C(O[C@@H]1O[C@H](C(=O)O)[C@@H](O)[C@H](O)[C@H]1O)c1ccccc1Nc1ccc(O)c(Cl)c1CO. The third-order valence-electron chi connectivity index (χ3n) is 4.83. The molecule has 172 valence electrons. The molecule has 0 unspecified atom stereocenters. The van der Waals surface area contributed by atoms with Crippen molar-refractivity contribution in [2.45, 2.75) is 37.3 Å². The number of hydrogen-bond donors (Lipinski definition) is 7. The predicted octanol–water partition coefficient (Wildman–Crippen LogP) is 0.331. The number of aromatic hydroxyl groups is 1. The van der Waals surface area contributed by atoms with Gasteiger partial charge in [0.05, 0.1) is 22.9 Å². The summed E-state index contributed by atoms with van der Waals surface area (Å²) in [4.78, 5) is 24.0. The van der Waals surface area contributed by atoms with Crippen LogP contribution in [0, 0.1) is 0 Å². The number of anilines is 2. The van der Waals surface area contributed by atoms with E-state index < -0.39 is 49.3 Å². The van der Waals surface area contributed by atoms with Crippen LogP contribution < -0.4 is 5.32 Å². The van der Waals surface area contributed by atoms with Gasteiger partial charge in [0.25, 0.3) is 0 Å². The van der Waals surface area contributed by atoms with Crippen LogP contribution in [0.2, 0.25) is 5.02 Å². The van der Waals surface area contributed by atoms with Crippen LogP contribution in [-0.2, 0) is 20.9 Å². The smallest absolute Gasteiger partial charge is 0.342 e. The average molecular weight is 470 g/mol. The first-order valence-corrected chi connectivity index (χ1v) is 9.64. The number of aliphatic hydroxyl groups excluding tert-OH is 4. The Morgan fingerprint density at radius 1 is 1.03 bits per heavy atom. The van der Waals surface area contributed by atoms with Gasteiger partial charge < -0.3 is 45.4 Å². The van der Waals surface area contributed by atoms with Crippen molar-refractivity contribution in [2.24, 2.45) is 0 Å². The van der Waals surface area contributed by atoms with E-state index in [0.29, 0.717) is 0 Å². The van der Waals surface area contributed by atoms with Gasteiger partial charge in [-0.2, -0.15) is 0 Å². The molecule has 0 bridgehead atoms. The van der Waals surface area contributed by atoms with Crippen molar-refractivity contribution in [2.75, 3.05) is 5.32 Å². The Labute approximate surface area is 186 Å². The van der Waals surface area contributed by atoms with Gasteiger partial charge in [-0.3, -0.25) is 0 Å². The molecule has 11 nitrogen and oxygen atoms in total. The number of esters is 1. The summed E-state index contributed by atoms with van der Waals surface area (Å²) in [6.07, 6.45) is -9.55. The summed E-state index contributed by atoms with van der Waals surface area (Å²) in [7, 11) is 0. The molecule has 7 N–H and O–H groups in total. The molecular formula is C20H20ClNO10. The first-order chi connectivity index (χ1) is 15.1. The highest BCUT2D eigenvalue weighted by molar-refractivity contribution is 6.33. The fraction of sp³-hybridized carbons (Fsp3) is 0.300. The second-order valence-corrected chi connectivity index (χ2v) is 7.27. The van der Waals surface area contributed by atoms with Crippen LogP contribution in [-0.4, -0.2) is 73.3 Å². The normalized spacial score (nSPS) is 25.2. The molecule has 0 spiro atoms. The first kappa shape index (κ1) is 23.7. The topological polar surface area (TPSA) is 186 Å². The monoisotopic (exact) mass is 469 g/mol. The lowest BCUT2D eigenvalue weighted by Crippen LogP contribution is -2.60. The lowest BCUT2D eigenvalue weighted by molar-refractivity contribution is -0.278. The molecule has 1 aliphatic rings. The summed E-state index contributed by atoms with van der Waals surface area (Å²) >= 11 is 6.00. The molecule has 0 amide bonds. The van der Waals surface area contributed by atoms with Crippen molar-refractivity contribution in [1.82, 2.24) is 0 Å². The Kier molecular flexibility index (Phi) is 7.19. The third kappa shape index (κ3) is 4.63. The molecule has 2 aromatic carbocycles. The summed E-state index contributed by atoms with van der Waals surface area (Å²) in [5.41, 5.74) is 0.578. The second kappa shape index (κ2) is 9.69. The van der Waals surface area contributed by atoms with Crippen LogP contribution >= 0.6 is 11.6 Å². The molecule has 1 aliphatic heterocycles. The number of halogens is 1. The zero-order valence-electron chi connectivity index (χ0n) is 16.3. The van der Waals surface area contributed by atoms with E-state index in [9.17, 15) is 35.1 Å². The van der Waals surface area contributed by atoms with Crippen molar-refractivity contribution < 1.29 is 49.7 Å². The van der Waals surface area contributed by atoms with Gasteiger partial charge in [0, 0.05) is 11.3 Å². The summed E-state index contributed by atoms with van der Waals surface area (Å²) in [6, 6.07) is 8.67. The number of rotatable bonds is 6. The van der Waals surface area contributed by atoms with Gasteiger partial charge in [-0.1, -0.05) is 23.7 Å². The van der Waals surface area contributed by atoms with Crippen LogP contribution in [0.1, 0.15) is 15.9 Å². The number of nitrogens with one attached hydrogen (secondary N) is 1. The second-order valence-electron chi connectivity index (χ2n) is 6.89. The largest absolute Gasteiger partial charge is 0.506 e. The number of carboxylic acid groups (broad SMARTS) is 1. The maximum Gasteiger partial charge on any atom is 0.342 e. The highest BCUT2D eigenvalue weighted by Gasteiger charge is 2.48. The van der Waals surface area contributed by atoms with E-state index in [1.165, 1.54) is 30.3 Å². The standard InChI is InChI=1S/C20H20ClNO10/c21-13-9(7-23)11(5-6-12(13)24)22-10-4-2-1-3-8(10)19(30)32-20-16(27)14(25)15(26)17(31-20)18(28)29/h1-6,14-17,20,22-27H,7H2,(H,28,29)/t14-,15-,16+,17-,20-/m0/s1. The number of para-hydroxylation sites is 1. The van der Waals surface area contributed by atoms with Gasteiger partial charge in [-0.05, 0) is 24.3 Å². The molecule has 0 saturated carbocycles. The van der Waals surface area contributed by atoms with Gasteiger partial charge in [-0.15, -0.1) is 0 Å². The minimum atomic E-state index is -1.93. The number of ether oxygens (including phenoxy) is 2. The molecule has 3 rings (SSSR count). The highest BCUT2D eigenvalue weighted by Crippen LogP contribution is 2.35. The number of phenols is 1. The van der Waals surface area contributed by atoms with E-state index in [1.807, 2.05) is 0 Å². The van der Waals surface area contributed by atoms with Gasteiger partial charge >= 0.3 is 11.9 Å². The number of benzene rings is 2. The van der Waals surface area contributed by atoms with Gasteiger partial charge in [0.2, 0.25) is 6.29 Å². The van der Waals surface area contributed by atoms with E-state index in [1.54, 1.807) is 6.07 Å². The molecule has 0 aromatic heterocycles. The minimum absolute atomic E-state index is 0.0659. The number of carbonyl (C=O) groups excluding carboxylic acids is 1. The first-order valence-electron chi connectivity index (χ1n) is 9.26. The number of hydrogen-bond acceptors (Lipinski definition) is 10. The molecule has 1 saturated heterocycles. The van der Waals surface area contributed by atoms with Crippen molar-refractivity contribution in [3.05, 3.63) is 52.5 Å². The van der Waals surface area contributed by atoms with Crippen molar-refractivity contribution in [3.8, 4) is 5.75 Å². The fourth-order valence-electron chi connectivity index (χ4n) is 3.11. The molecule has 5 atom stereocenters. The molecule has 0 aliphatic carbocycles. The Morgan fingerprint density at radius 2 is 1.72 bits per heavy atom. The highest BCUT2D eigenvalue weighted by atomic mass is 35.5. The predicted molar refractivity (Wildman–Crippen MR) is 108 cm³/mol. The van der Waals surface area contributed by atoms with Gasteiger partial charge in [0.1, 0.15) is 24.1 Å². The summed E-state index contributed by atoms with van der Waals surface area (Å²) in [5.74, 6) is -2.90. The molecule has 32 heavy (non-hydrogen) atoms. The number of aliphatic carboxylic acids is 1. The number of aliphatic hydroxyl groups is 4. The molecular weight excluding hydrogens is 450 g/mol. The van der Waals surface area contributed by atoms with Crippen LogP contribution in [0.25, 0.3) is 0 Å². The average Bonchev–Trinajstić information content (AvgIpc) is 2.77. The van der Waals surface area contributed by atoms with Crippen LogP contribution in [0.15, 0.2) is 36.4 Å². The minimum Gasteiger partial charge on any atom is -0.506 e. The lowest BCUT2D eigenvalue weighted by atomic mass is 9.99. The molecule has 1 heterocycles. The van der Waals surface area contributed by atoms with Crippen molar-refractivity contribution in [1.29, 1.82) is 0 Å². The molecule has 0 radical (unpaired) electrons. The maximum atomic E-state index is 12.7. The molecule has 2 aromatic rings. The van der Waals surface area contributed by atoms with Crippen LogP contribution in [0.3, 0.4) is 0 Å². The Morgan fingerprint density at radius 3 is 2.38 bits per heavy atom. The van der Waals surface area contributed by atoms with Crippen LogP contribution in [0.4, 0.5) is 11.4 Å². The van der Waals surface area contributed by atoms with E-state index in [-0.39, 0.29) is 33.3 Å². The fourth-order valence-corrected chi connectivity index (χ4v) is 3.34. The van der Waals surface area contributed by atoms with E-state index in [4.69, 9.17) is 26.2 Å². The van der Waals surface area contributed by atoms with Crippen molar-refractivity contribution in [3.63, 3.8) is 0 Å². The number of carbonyl (C=O) groups is 2. The maximum absolute atomic E-state index is 12.7. The summed E-state index contributed by atoms with van der Waals surface area (Å²) in [5, 5.41) is 60.8. The van der Waals surface area contributed by atoms with E-state index in [2.05, 4.69) is 5.32 Å². The Hall–Kier alpha value is -2.93. The number of carboxylic acids is 1. The van der Waals surface area contributed by atoms with Crippen molar-refractivity contribution >= 4 is 34.9 Å². The zero-order chi connectivity index (χ0) is 23.6. The molecule has 1 fully saturated rings. The summed E-state index contributed by atoms with van der Waals surface area (Å²) < 4.78 is 10.0. The molecule has 12 heteroatoms. The van der Waals surface area contributed by atoms with E-state index in [0.717, 1.165) is 0 Å². The third-order valence-corrected chi connectivity index (χ3v) is 5.26. The Balaban J connectivity index is 1.85. The van der Waals surface area contributed by atoms with Gasteiger partial charge in [-0.25, -0.2) is 9.59 Å². The summed E-state index contributed by atoms with van der Waals surface area (Å²) in [6.45, 7) is -0.513. The van der Waals surface area contributed by atoms with E-state index >= 15 is 0 Å². The lowest BCUT2D eigenvalue weighted by Gasteiger charge is -2.38. The zero-order valence-corrected chi connectivity index (χ0v) is 17.0.